The van der Waals surface area contributed by atoms with Crippen molar-refractivity contribution in [1.29, 1.82) is 0 Å². The number of carbonyl (C=O) groups excluding carboxylic acids is 1. The van der Waals surface area contributed by atoms with Crippen molar-refractivity contribution in [2.75, 3.05) is 35.5 Å². The van der Waals surface area contributed by atoms with Gasteiger partial charge in [0.15, 0.2) is 6.29 Å². The van der Waals surface area contributed by atoms with Crippen LogP contribution in [-0.2, 0) is 16.1 Å². The van der Waals surface area contributed by atoms with Crippen molar-refractivity contribution < 1.29 is 38.0 Å². The maximum atomic E-state index is 16.4. The summed E-state index contributed by atoms with van der Waals surface area (Å²) >= 11 is 0. The van der Waals surface area contributed by atoms with Crippen molar-refractivity contribution >= 4 is 17.3 Å². The first-order chi connectivity index (χ1) is 21.7. The summed E-state index contributed by atoms with van der Waals surface area (Å²) < 4.78 is 43.4. The standard InChI is InChI=1S/C35H39FN2O7/c1-21-11-8-9-12-24(21)25-13-10-14-35(22(25)2,18-28(36)23-15-30(41-3)27(20-39)31(16-23)42-4)38-33(40)29-17-32(43-5)26(19-37-29)34(44-6)45-7/h8-19,22,34,39H,20H2,1-7H3,(H,38,40)/b28-18-. The van der Waals surface area contributed by atoms with Gasteiger partial charge in [-0.3, -0.25) is 9.78 Å². The van der Waals surface area contributed by atoms with E-state index in [1.54, 1.807) is 12.2 Å². The number of pyridine rings is 1. The second-order valence-corrected chi connectivity index (χ2v) is 10.5. The van der Waals surface area contributed by atoms with E-state index in [1.165, 1.54) is 66.0 Å². The highest BCUT2D eigenvalue weighted by Gasteiger charge is 2.39. The van der Waals surface area contributed by atoms with E-state index in [0.717, 1.165) is 16.7 Å². The van der Waals surface area contributed by atoms with Crippen LogP contribution in [0.25, 0.3) is 11.4 Å². The summed E-state index contributed by atoms with van der Waals surface area (Å²) in [4.78, 5) is 18.3. The van der Waals surface area contributed by atoms with Crippen molar-refractivity contribution in [3.63, 3.8) is 0 Å². The number of methoxy groups -OCH3 is 5. The fraction of sp³-hybridized carbons (Fsp3) is 0.314. The van der Waals surface area contributed by atoms with E-state index in [-0.39, 0.29) is 29.4 Å². The number of halogens is 1. The molecule has 45 heavy (non-hydrogen) atoms. The molecule has 2 N–H and O–H groups in total. The van der Waals surface area contributed by atoms with E-state index in [4.69, 9.17) is 23.7 Å². The Morgan fingerprint density at radius 3 is 2.27 bits per heavy atom. The number of benzene rings is 2. The minimum Gasteiger partial charge on any atom is -0.496 e. The average molecular weight is 619 g/mol. The molecular weight excluding hydrogens is 579 g/mol. The highest BCUT2D eigenvalue weighted by molar-refractivity contribution is 5.94. The monoisotopic (exact) mass is 618 g/mol. The third-order valence-corrected chi connectivity index (χ3v) is 8.05. The van der Waals surface area contributed by atoms with Gasteiger partial charge in [-0.1, -0.05) is 49.4 Å². The van der Waals surface area contributed by atoms with Gasteiger partial charge in [0.2, 0.25) is 0 Å². The fourth-order valence-corrected chi connectivity index (χ4v) is 5.54. The predicted molar refractivity (Wildman–Crippen MR) is 170 cm³/mol. The molecule has 2 aromatic carbocycles. The first kappa shape index (κ1) is 33.4. The van der Waals surface area contributed by atoms with E-state index in [0.29, 0.717) is 16.9 Å². The van der Waals surface area contributed by atoms with Crippen LogP contribution in [0.15, 0.2) is 73.0 Å². The molecule has 0 saturated carbocycles. The van der Waals surface area contributed by atoms with Gasteiger partial charge >= 0.3 is 0 Å². The molecule has 238 valence electrons. The summed E-state index contributed by atoms with van der Waals surface area (Å²) in [6.45, 7) is 3.58. The Morgan fingerprint density at radius 2 is 1.69 bits per heavy atom. The maximum Gasteiger partial charge on any atom is 0.270 e. The van der Waals surface area contributed by atoms with Crippen LogP contribution in [0.1, 0.15) is 51.5 Å². The number of aliphatic hydroxyl groups excluding tert-OH is 1. The molecule has 0 radical (unpaired) electrons. The minimum atomic E-state index is -1.33. The molecule has 1 aromatic heterocycles. The first-order valence-electron chi connectivity index (χ1n) is 14.3. The van der Waals surface area contributed by atoms with E-state index in [1.807, 2.05) is 44.2 Å². The van der Waals surface area contributed by atoms with Crippen molar-refractivity contribution in [1.82, 2.24) is 10.3 Å². The summed E-state index contributed by atoms with van der Waals surface area (Å²) in [5, 5.41) is 12.9. The quantitative estimate of drug-likeness (QED) is 0.239. The number of ether oxygens (including phenoxy) is 5. The third-order valence-electron chi connectivity index (χ3n) is 8.05. The molecular formula is C35H39FN2O7. The van der Waals surface area contributed by atoms with Crippen molar-refractivity contribution in [3.05, 3.63) is 106 Å². The lowest BCUT2D eigenvalue weighted by Crippen LogP contribution is -2.51. The zero-order chi connectivity index (χ0) is 32.7. The van der Waals surface area contributed by atoms with Gasteiger partial charge in [-0.25, -0.2) is 4.39 Å². The maximum absolute atomic E-state index is 16.4. The van der Waals surface area contributed by atoms with E-state index < -0.39 is 29.5 Å². The lowest BCUT2D eigenvalue weighted by molar-refractivity contribution is -0.107. The number of carbonyl (C=O) groups is 1. The molecule has 1 amide bonds. The number of amides is 1. The molecule has 0 aliphatic heterocycles. The number of hydrogen-bond acceptors (Lipinski definition) is 8. The Kier molecular flexibility index (Phi) is 10.8. The van der Waals surface area contributed by atoms with Crippen LogP contribution in [0.5, 0.6) is 17.2 Å². The van der Waals surface area contributed by atoms with E-state index in [2.05, 4.69) is 10.3 Å². The Hall–Kier alpha value is -4.51. The first-order valence-corrected chi connectivity index (χ1v) is 14.3. The molecule has 3 aromatic rings. The molecule has 1 aliphatic rings. The third kappa shape index (κ3) is 6.78. The number of rotatable bonds is 12. The Morgan fingerprint density at radius 1 is 1.04 bits per heavy atom. The van der Waals surface area contributed by atoms with Gasteiger partial charge in [0, 0.05) is 38.0 Å². The SMILES string of the molecule is COc1cc(C(=O)NC2(/C=C(\F)c3cc(OC)c(CO)c(OC)c3)C=CC=C(c3ccccc3C)C2C)ncc1C(OC)OC. The highest BCUT2D eigenvalue weighted by Crippen LogP contribution is 2.41. The van der Waals surface area contributed by atoms with Gasteiger partial charge in [0.05, 0.1) is 44.6 Å². The average Bonchev–Trinajstić information content (AvgIpc) is 3.06. The van der Waals surface area contributed by atoms with Crippen LogP contribution in [0.2, 0.25) is 0 Å². The number of nitrogens with zero attached hydrogens (tertiary/aromatic N) is 1. The number of aryl methyl sites for hydroxylation is 1. The smallest absolute Gasteiger partial charge is 0.270 e. The van der Waals surface area contributed by atoms with Crippen molar-refractivity contribution in [2.45, 2.75) is 32.3 Å². The topological polar surface area (TPSA) is 108 Å². The second kappa shape index (κ2) is 14.5. The Bertz CT molecular complexity index is 1600. The van der Waals surface area contributed by atoms with Crippen LogP contribution in [0, 0.1) is 12.8 Å². The van der Waals surface area contributed by atoms with Gasteiger partial charge in [-0.2, -0.15) is 0 Å². The molecule has 9 nitrogen and oxygen atoms in total. The van der Waals surface area contributed by atoms with E-state index in [9.17, 15) is 9.90 Å². The van der Waals surface area contributed by atoms with Gasteiger partial charge in [0.25, 0.3) is 5.91 Å². The largest absolute Gasteiger partial charge is 0.496 e. The zero-order valence-electron chi connectivity index (χ0n) is 26.5. The summed E-state index contributed by atoms with van der Waals surface area (Å²) in [5.41, 5.74) is 2.69. The molecule has 2 atom stereocenters. The number of allylic oxidation sites excluding steroid dienone is 2. The zero-order valence-corrected chi connectivity index (χ0v) is 26.5. The minimum absolute atomic E-state index is 0.0537. The summed E-state index contributed by atoms with van der Waals surface area (Å²) in [7, 11) is 7.30. The molecule has 10 heteroatoms. The van der Waals surface area contributed by atoms with Crippen molar-refractivity contribution in [2.24, 2.45) is 5.92 Å². The van der Waals surface area contributed by atoms with Crippen molar-refractivity contribution in [3.8, 4) is 17.2 Å². The molecule has 2 unspecified atom stereocenters. The van der Waals surface area contributed by atoms with Crippen LogP contribution >= 0.6 is 0 Å². The number of aromatic nitrogens is 1. The molecule has 1 aliphatic carbocycles. The molecule has 0 saturated heterocycles. The Balaban J connectivity index is 1.84. The summed E-state index contributed by atoms with van der Waals surface area (Å²) in [6.07, 6.45) is 7.61. The number of hydrogen-bond donors (Lipinski definition) is 2. The van der Waals surface area contributed by atoms with E-state index >= 15 is 4.39 Å². The highest BCUT2D eigenvalue weighted by atomic mass is 19.1. The predicted octanol–water partition coefficient (Wildman–Crippen LogP) is 5.97. The molecule has 0 spiro atoms. The van der Waals surface area contributed by atoms with Gasteiger partial charge in [-0.15, -0.1) is 0 Å². The van der Waals surface area contributed by atoms with Crippen LogP contribution in [0.3, 0.4) is 0 Å². The molecule has 4 rings (SSSR count). The molecule has 0 fully saturated rings. The lowest BCUT2D eigenvalue weighted by atomic mass is 9.73. The van der Waals surface area contributed by atoms with Crippen LogP contribution in [-0.4, -0.2) is 57.1 Å². The summed E-state index contributed by atoms with van der Waals surface area (Å²) in [6, 6.07) is 12.4. The van der Waals surface area contributed by atoms with Gasteiger partial charge < -0.3 is 34.1 Å². The normalized spacial score (nSPS) is 18.0. The van der Waals surface area contributed by atoms with Gasteiger partial charge in [-0.05, 0) is 41.8 Å². The van der Waals surface area contributed by atoms with Gasteiger partial charge in [0.1, 0.15) is 28.8 Å². The number of aliphatic hydroxyl groups is 1. The summed E-state index contributed by atoms with van der Waals surface area (Å²) in [5.74, 6) is -0.737. The second-order valence-electron chi connectivity index (χ2n) is 10.5. The Labute approximate surface area is 262 Å². The molecule has 1 heterocycles. The fourth-order valence-electron chi connectivity index (χ4n) is 5.54. The number of nitrogens with one attached hydrogen (secondary N) is 1. The molecule has 0 bridgehead atoms. The van der Waals surface area contributed by atoms with Crippen LogP contribution < -0.4 is 19.5 Å². The lowest BCUT2D eigenvalue weighted by Gasteiger charge is -2.39. The van der Waals surface area contributed by atoms with Crippen LogP contribution in [0.4, 0.5) is 4.39 Å².